The van der Waals surface area contributed by atoms with Crippen LogP contribution in [0.15, 0.2) is 41.0 Å². The van der Waals surface area contributed by atoms with Gasteiger partial charge < -0.3 is 24.1 Å². The first-order chi connectivity index (χ1) is 14.8. The molecule has 2 atom stereocenters. The predicted molar refractivity (Wildman–Crippen MR) is 106 cm³/mol. The van der Waals surface area contributed by atoms with E-state index >= 15 is 0 Å². The molecule has 1 aromatic heterocycles. The first kappa shape index (κ1) is 21.8. The number of nitrogens with zero attached hydrogens (tertiary/aromatic N) is 2. The summed E-state index contributed by atoms with van der Waals surface area (Å²) in [5.41, 5.74) is -0.160. The molecule has 2 heterocycles. The van der Waals surface area contributed by atoms with E-state index in [1.807, 2.05) is 0 Å². The van der Waals surface area contributed by atoms with Crippen molar-refractivity contribution >= 4 is 29.2 Å². The minimum Gasteiger partial charge on any atom is -0.495 e. The number of ether oxygens (including phenoxy) is 2. The highest BCUT2D eigenvalue weighted by molar-refractivity contribution is 5.97. The lowest BCUT2D eigenvalue weighted by atomic mass is 10.1. The number of esters is 1. The highest BCUT2D eigenvalue weighted by atomic mass is 16.6. The van der Waals surface area contributed by atoms with Gasteiger partial charge in [0.25, 0.3) is 11.6 Å². The first-order valence-electron chi connectivity index (χ1n) is 9.42. The maximum Gasteiger partial charge on any atom is 0.312 e. The van der Waals surface area contributed by atoms with Gasteiger partial charge in [0.2, 0.25) is 5.91 Å². The highest BCUT2D eigenvalue weighted by Gasteiger charge is 2.37. The number of hydrogen-bond acceptors (Lipinski definition) is 8. The van der Waals surface area contributed by atoms with E-state index in [4.69, 9.17) is 13.9 Å². The molecule has 1 N–H and O–H groups in total. The Labute approximate surface area is 177 Å². The Bertz CT molecular complexity index is 988. The Balaban J connectivity index is 1.58. The van der Waals surface area contributed by atoms with Gasteiger partial charge >= 0.3 is 5.97 Å². The van der Waals surface area contributed by atoms with E-state index in [0.717, 1.165) is 6.07 Å². The molecule has 0 aliphatic carbocycles. The zero-order valence-electron chi connectivity index (χ0n) is 16.9. The second-order valence-corrected chi connectivity index (χ2v) is 6.96. The minimum atomic E-state index is -1.19. The van der Waals surface area contributed by atoms with Gasteiger partial charge in [-0.15, -0.1) is 0 Å². The Morgan fingerprint density at radius 1 is 1.39 bits per heavy atom. The van der Waals surface area contributed by atoms with Gasteiger partial charge in [-0.1, -0.05) is 0 Å². The van der Waals surface area contributed by atoms with E-state index < -0.39 is 28.8 Å². The zero-order chi connectivity index (χ0) is 22.5. The lowest BCUT2D eigenvalue weighted by Crippen LogP contribution is -2.33. The van der Waals surface area contributed by atoms with Crippen molar-refractivity contribution in [2.24, 2.45) is 5.92 Å². The molecule has 1 aromatic carbocycles. The van der Waals surface area contributed by atoms with Crippen molar-refractivity contribution in [1.82, 2.24) is 4.90 Å². The summed E-state index contributed by atoms with van der Waals surface area (Å²) < 4.78 is 15.5. The van der Waals surface area contributed by atoms with Crippen molar-refractivity contribution in [3.05, 3.63) is 52.5 Å². The smallest absolute Gasteiger partial charge is 0.312 e. The molecule has 3 rings (SSSR count). The second-order valence-electron chi connectivity index (χ2n) is 6.96. The lowest BCUT2D eigenvalue weighted by molar-refractivity contribution is -0.384. The summed E-state index contributed by atoms with van der Waals surface area (Å²) in [7, 11) is 1.35. The Morgan fingerprint density at radius 2 is 2.16 bits per heavy atom. The number of benzene rings is 1. The van der Waals surface area contributed by atoms with Crippen LogP contribution in [0, 0.1) is 16.0 Å². The second kappa shape index (κ2) is 9.28. The van der Waals surface area contributed by atoms with Crippen LogP contribution in [0.5, 0.6) is 5.75 Å². The first-order valence-corrected chi connectivity index (χ1v) is 9.42. The number of anilines is 1. The summed E-state index contributed by atoms with van der Waals surface area (Å²) in [6.07, 6.45) is 0.288. The van der Waals surface area contributed by atoms with Gasteiger partial charge in [0.15, 0.2) is 6.10 Å². The fourth-order valence-corrected chi connectivity index (χ4v) is 3.14. The summed E-state index contributed by atoms with van der Waals surface area (Å²) in [6, 6.07) is 7.17. The number of non-ortho nitro benzene ring substituents is 1. The molecule has 0 saturated carbocycles. The van der Waals surface area contributed by atoms with Crippen LogP contribution in [0.3, 0.4) is 0 Å². The summed E-state index contributed by atoms with van der Waals surface area (Å²) in [4.78, 5) is 48.9. The summed E-state index contributed by atoms with van der Waals surface area (Å²) >= 11 is 0. The van der Waals surface area contributed by atoms with Crippen LogP contribution in [0.25, 0.3) is 0 Å². The highest BCUT2D eigenvalue weighted by Crippen LogP contribution is 2.29. The third-order valence-electron chi connectivity index (χ3n) is 4.79. The maximum absolute atomic E-state index is 12.5. The Morgan fingerprint density at radius 3 is 2.81 bits per heavy atom. The summed E-state index contributed by atoms with van der Waals surface area (Å²) in [5, 5.41) is 13.4. The number of carbonyl (C=O) groups is 3. The molecule has 0 spiro atoms. The van der Waals surface area contributed by atoms with E-state index in [1.54, 1.807) is 12.1 Å². The van der Waals surface area contributed by atoms with Gasteiger partial charge in [-0.3, -0.25) is 24.5 Å². The molecule has 2 aromatic rings. The molecule has 0 bridgehead atoms. The van der Waals surface area contributed by atoms with Crippen molar-refractivity contribution in [2.45, 2.75) is 26.0 Å². The van der Waals surface area contributed by atoms with Crippen molar-refractivity contribution in [1.29, 1.82) is 0 Å². The van der Waals surface area contributed by atoms with Gasteiger partial charge in [0.1, 0.15) is 11.5 Å². The van der Waals surface area contributed by atoms with Crippen LogP contribution in [0.4, 0.5) is 11.4 Å². The van der Waals surface area contributed by atoms with Crippen LogP contribution in [0.2, 0.25) is 0 Å². The maximum atomic E-state index is 12.5. The van der Waals surface area contributed by atoms with Gasteiger partial charge in [0, 0.05) is 25.1 Å². The molecule has 2 amide bonds. The number of rotatable bonds is 8. The normalized spacial score (nSPS) is 16.6. The Kier molecular flexibility index (Phi) is 6.53. The average molecular weight is 431 g/mol. The standard InChI is InChI=1S/C20H21N3O8/c1-12(19(25)21-16-9-14(23(27)28)5-6-17(16)29-2)31-20(26)13-8-18(24)22(10-13)11-15-4-3-7-30-15/h3-7,9,12-13H,8,10-11H2,1-2H3,(H,21,25)/t12-,13+/m1/s1. The molecule has 1 aliphatic heterocycles. The van der Waals surface area contributed by atoms with Gasteiger partial charge in [-0.25, -0.2) is 0 Å². The van der Waals surface area contributed by atoms with Crippen LogP contribution in [0.1, 0.15) is 19.1 Å². The molecule has 1 fully saturated rings. The fourth-order valence-electron chi connectivity index (χ4n) is 3.14. The van der Waals surface area contributed by atoms with Crippen LogP contribution < -0.4 is 10.1 Å². The number of hydrogen-bond donors (Lipinski definition) is 1. The van der Waals surface area contributed by atoms with Crippen LogP contribution >= 0.6 is 0 Å². The number of methoxy groups -OCH3 is 1. The Hall–Kier alpha value is -3.89. The predicted octanol–water partition coefficient (Wildman–Crippen LogP) is 2.12. The topological polar surface area (TPSA) is 141 Å². The number of amides is 2. The molecule has 11 nitrogen and oxygen atoms in total. The van der Waals surface area contributed by atoms with E-state index in [0.29, 0.717) is 5.76 Å². The molecule has 1 saturated heterocycles. The van der Waals surface area contributed by atoms with Gasteiger partial charge in [-0.2, -0.15) is 0 Å². The number of likely N-dealkylation sites (tertiary alicyclic amines) is 1. The lowest BCUT2D eigenvalue weighted by Gasteiger charge is -2.17. The monoisotopic (exact) mass is 431 g/mol. The largest absolute Gasteiger partial charge is 0.495 e. The van der Waals surface area contributed by atoms with Gasteiger partial charge in [0.05, 0.1) is 36.4 Å². The van der Waals surface area contributed by atoms with Crippen LogP contribution in [-0.2, 0) is 25.7 Å². The summed E-state index contributed by atoms with van der Waals surface area (Å²) in [5.74, 6) is -1.47. The SMILES string of the molecule is COc1ccc([N+](=O)[O-])cc1NC(=O)[C@@H](C)OC(=O)[C@H]1CC(=O)N(Cc2ccco2)C1. The molecule has 1 aliphatic rings. The number of carbonyl (C=O) groups excluding carboxylic acids is 3. The van der Waals surface area contributed by atoms with Crippen LogP contribution in [-0.4, -0.2) is 47.4 Å². The number of furan rings is 1. The molecular weight excluding hydrogens is 410 g/mol. The van der Waals surface area contributed by atoms with E-state index in [2.05, 4.69) is 5.32 Å². The van der Waals surface area contributed by atoms with E-state index in [9.17, 15) is 24.5 Å². The fraction of sp³-hybridized carbons (Fsp3) is 0.350. The minimum absolute atomic E-state index is 0.0212. The quantitative estimate of drug-likeness (QED) is 0.381. The third kappa shape index (κ3) is 5.18. The number of nitrogens with one attached hydrogen (secondary N) is 1. The zero-order valence-corrected chi connectivity index (χ0v) is 16.9. The third-order valence-corrected chi connectivity index (χ3v) is 4.79. The van der Waals surface area contributed by atoms with Gasteiger partial charge in [-0.05, 0) is 25.1 Å². The molecule has 31 heavy (non-hydrogen) atoms. The van der Waals surface area contributed by atoms with Crippen molar-refractivity contribution < 1.29 is 33.2 Å². The number of nitro benzene ring substituents is 1. The molecule has 11 heteroatoms. The average Bonchev–Trinajstić information content (AvgIpc) is 3.38. The van der Waals surface area contributed by atoms with Crippen molar-refractivity contribution in [2.75, 3.05) is 19.0 Å². The molecule has 164 valence electrons. The van der Waals surface area contributed by atoms with Crippen molar-refractivity contribution in [3.8, 4) is 5.75 Å². The summed E-state index contributed by atoms with van der Waals surface area (Å²) in [6.45, 7) is 1.78. The molecule has 0 radical (unpaired) electrons. The van der Waals surface area contributed by atoms with Crippen molar-refractivity contribution in [3.63, 3.8) is 0 Å². The molecule has 0 unspecified atom stereocenters. The number of nitro groups is 1. The van der Waals surface area contributed by atoms with E-state index in [-0.39, 0.29) is 42.5 Å². The van der Waals surface area contributed by atoms with E-state index in [1.165, 1.54) is 37.3 Å². The molecular formula is C20H21N3O8.